The van der Waals surface area contributed by atoms with Crippen LogP contribution in [0.5, 0.6) is 0 Å². The number of H-pyrrole nitrogens is 1. The van der Waals surface area contributed by atoms with E-state index in [1.54, 1.807) is 6.08 Å². The van der Waals surface area contributed by atoms with Gasteiger partial charge in [0.05, 0.1) is 0 Å². The molecule has 0 fully saturated rings. The highest BCUT2D eigenvalue weighted by Crippen LogP contribution is 1.79. The van der Waals surface area contributed by atoms with Crippen molar-refractivity contribution in [1.82, 2.24) is 4.98 Å². The molecule has 1 heteroatoms. The molecule has 0 radical (unpaired) electrons. The van der Waals surface area contributed by atoms with Crippen molar-refractivity contribution in [3.63, 3.8) is 0 Å². The van der Waals surface area contributed by atoms with Crippen LogP contribution in [0.15, 0.2) is 18.7 Å². The first-order valence-corrected chi connectivity index (χ1v) is 4.72. The van der Waals surface area contributed by atoms with Crippen LogP contribution in [0.1, 0.15) is 26.5 Å². The van der Waals surface area contributed by atoms with E-state index >= 15 is 0 Å². The van der Waals surface area contributed by atoms with Crippen molar-refractivity contribution in [3.8, 4) is 0 Å². The second-order valence-corrected chi connectivity index (χ2v) is 2.51. The Bertz CT molecular complexity index is 355. The number of aromatic nitrogens is 1. The maximum absolute atomic E-state index is 3.66. The molecule has 1 nitrogen and oxygen atoms in total. The summed E-state index contributed by atoms with van der Waals surface area (Å²) in [6, 6.07) is 2.11. The Labute approximate surface area is 80.5 Å². The Morgan fingerprint density at radius 3 is 2.46 bits per heavy atom. The summed E-state index contributed by atoms with van der Waals surface area (Å²) >= 11 is 0. The first-order chi connectivity index (χ1) is 6.27. The largest absolute Gasteiger partial charge is 0.359 e. The number of aromatic amines is 1. The third-order valence-corrected chi connectivity index (χ3v) is 1.60. The maximum atomic E-state index is 3.66. The topological polar surface area (TPSA) is 15.8 Å². The van der Waals surface area contributed by atoms with Crippen LogP contribution >= 0.6 is 0 Å². The molecule has 0 aromatic carbocycles. The van der Waals surface area contributed by atoms with Gasteiger partial charge < -0.3 is 4.98 Å². The molecule has 72 valence electrons. The predicted molar refractivity (Wildman–Crippen MR) is 60.9 cm³/mol. The zero-order valence-electron chi connectivity index (χ0n) is 9.02. The molecule has 1 aromatic rings. The van der Waals surface area contributed by atoms with E-state index in [0.29, 0.717) is 0 Å². The number of nitrogens with one attached hydrogen (secondary N) is 1. The number of allylic oxidation sites excluding steroid dienone is 1. The summed E-state index contributed by atoms with van der Waals surface area (Å²) in [6.45, 7) is 11.7. The van der Waals surface area contributed by atoms with E-state index in [1.807, 2.05) is 33.8 Å². The first kappa shape index (κ1) is 11.8. The lowest BCUT2D eigenvalue weighted by Gasteiger charge is -1.75. The molecule has 0 aliphatic heterocycles. The van der Waals surface area contributed by atoms with Crippen LogP contribution in [0.25, 0.3) is 12.2 Å². The smallest absolute Gasteiger partial charge is 0.0412 e. The minimum absolute atomic E-state index is 1.17. The Balaban J connectivity index is 0.000000671. The second-order valence-electron chi connectivity index (χ2n) is 2.51. The van der Waals surface area contributed by atoms with Gasteiger partial charge in [-0.15, -0.1) is 0 Å². The van der Waals surface area contributed by atoms with Gasteiger partial charge in [0, 0.05) is 11.0 Å². The van der Waals surface area contributed by atoms with Crippen LogP contribution in [0.4, 0.5) is 0 Å². The molecule has 1 rings (SSSR count). The van der Waals surface area contributed by atoms with Crippen molar-refractivity contribution in [2.75, 3.05) is 0 Å². The normalized spacial score (nSPS) is 12.3. The molecule has 1 heterocycles. The van der Waals surface area contributed by atoms with Crippen LogP contribution < -0.4 is 10.6 Å². The summed E-state index contributed by atoms with van der Waals surface area (Å²) < 4.78 is 0. The van der Waals surface area contributed by atoms with Gasteiger partial charge >= 0.3 is 0 Å². The van der Waals surface area contributed by atoms with E-state index in [1.165, 1.54) is 16.3 Å². The third kappa shape index (κ3) is 3.32. The van der Waals surface area contributed by atoms with Crippen molar-refractivity contribution in [2.45, 2.75) is 27.7 Å². The van der Waals surface area contributed by atoms with E-state index in [4.69, 9.17) is 0 Å². The zero-order valence-corrected chi connectivity index (χ0v) is 9.02. The van der Waals surface area contributed by atoms with E-state index in [2.05, 4.69) is 23.7 Å². The molecule has 1 aromatic heterocycles. The molecule has 0 atom stereocenters. The van der Waals surface area contributed by atoms with E-state index in [0.717, 1.165) is 0 Å². The molecule has 0 amide bonds. The van der Waals surface area contributed by atoms with Gasteiger partial charge in [-0.2, -0.15) is 0 Å². The summed E-state index contributed by atoms with van der Waals surface area (Å²) in [5.74, 6) is 0. The average Bonchev–Trinajstić information content (AvgIpc) is 2.50. The fourth-order valence-corrected chi connectivity index (χ4v) is 1.14. The van der Waals surface area contributed by atoms with Crippen LogP contribution in [-0.4, -0.2) is 4.98 Å². The van der Waals surface area contributed by atoms with Gasteiger partial charge in [0.1, 0.15) is 0 Å². The predicted octanol–water partition coefficient (Wildman–Crippen LogP) is 2.12. The molecule has 0 spiro atoms. The lowest BCUT2D eigenvalue weighted by molar-refractivity contribution is 1.22. The SMILES string of the molecule is C=C/C=c1/cc(C)[nH]/c1=C/C.CC. The second kappa shape index (κ2) is 6.30. The van der Waals surface area contributed by atoms with E-state index in [9.17, 15) is 0 Å². The van der Waals surface area contributed by atoms with Gasteiger partial charge in [0.25, 0.3) is 0 Å². The molecule has 0 aliphatic carbocycles. The molecule has 0 aliphatic rings. The standard InChI is InChI=1S/C10H13N.C2H6/c1-4-6-9-7-8(3)11-10(9)5-2;1-2/h4-7,11H,1H2,2-3H3;1-2H3/b9-6-,10-5+;. The fraction of sp³-hybridized carbons (Fsp3) is 0.333. The fourth-order valence-electron chi connectivity index (χ4n) is 1.14. The number of rotatable bonds is 1. The Kier molecular flexibility index (Phi) is 5.69. The van der Waals surface area contributed by atoms with Crippen molar-refractivity contribution in [2.24, 2.45) is 0 Å². The van der Waals surface area contributed by atoms with E-state index in [-0.39, 0.29) is 0 Å². The summed E-state index contributed by atoms with van der Waals surface area (Å²) in [5.41, 5.74) is 1.19. The molecule has 0 bridgehead atoms. The summed E-state index contributed by atoms with van der Waals surface area (Å²) in [7, 11) is 0. The van der Waals surface area contributed by atoms with Gasteiger partial charge in [-0.05, 0) is 25.1 Å². The van der Waals surface area contributed by atoms with Crippen LogP contribution in [-0.2, 0) is 0 Å². The highest BCUT2D eigenvalue weighted by molar-refractivity contribution is 5.37. The van der Waals surface area contributed by atoms with Crippen molar-refractivity contribution in [3.05, 3.63) is 35.0 Å². The molecule has 0 saturated heterocycles. The van der Waals surface area contributed by atoms with Crippen molar-refractivity contribution >= 4 is 12.2 Å². The van der Waals surface area contributed by atoms with Crippen molar-refractivity contribution in [1.29, 1.82) is 0 Å². The molecule has 1 N–H and O–H groups in total. The monoisotopic (exact) mass is 177 g/mol. The molecule has 0 saturated carbocycles. The molecular formula is C12H19N. The quantitative estimate of drug-likeness (QED) is 0.676. The van der Waals surface area contributed by atoms with Gasteiger partial charge in [0.15, 0.2) is 0 Å². The Morgan fingerprint density at radius 1 is 1.38 bits per heavy atom. The molecule has 13 heavy (non-hydrogen) atoms. The average molecular weight is 177 g/mol. The Morgan fingerprint density at radius 2 is 2.00 bits per heavy atom. The molecular weight excluding hydrogens is 158 g/mol. The van der Waals surface area contributed by atoms with Gasteiger partial charge in [0.2, 0.25) is 0 Å². The van der Waals surface area contributed by atoms with Crippen LogP contribution in [0, 0.1) is 6.92 Å². The maximum Gasteiger partial charge on any atom is 0.0412 e. The number of aryl methyl sites for hydroxylation is 1. The van der Waals surface area contributed by atoms with Crippen LogP contribution in [0.3, 0.4) is 0 Å². The van der Waals surface area contributed by atoms with Gasteiger partial charge in [-0.25, -0.2) is 0 Å². The zero-order chi connectivity index (χ0) is 10.3. The highest BCUT2D eigenvalue weighted by Gasteiger charge is 1.86. The van der Waals surface area contributed by atoms with Crippen molar-refractivity contribution < 1.29 is 0 Å². The lowest BCUT2D eigenvalue weighted by atomic mass is 10.3. The van der Waals surface area contributed by atoms with Gasteiger partial charge in [-0.3, -0.25) is 0 Å². The van der Waals surface area contributed by atoms with Crippen LogP contribution in [0.2, 0.25) is 0 Å². The summed E-state index contributed by atoms with van der Waals surface area (Å²) in [5, 5.41) is 2.38. The Hall–Kier alpha value is -1.24. The molecule has 0 unspecified atom stereocenters. The summed E-state index contributed by atoms with van der Waals surface area (Å²) in [6.07, 6.45) is 5.86. The highest BCUT2D eigenvalue weighted by atomic mass is 14.7. The minimum atomic E-state index is 1.17. The number of hydrogen-bond acceptors (Lipinski definition) is 0. The van der Waals surface area contributed by atoms with E-state index < -0.39 is 0 Å². The summed E-state index contributed by atoms with van der Waals surface area (Å²) in [4.78, 5) is 3.24. The lowest BCUT2D eigenvalue weighted by Crippen LogP contribution is -2.20. The first-order valence-electron chi connectivity index (χ1n) is 4.72. The van der Waals surface area contributed by atoms with Gasteiger partial charge in [-0.1, -0.05) is 38.7 Å². The third-order valence-electron chi connectivity index (χ3n) is 1.60. The number of hydrogen-bond donors (Lipinski definition) is 1. The minimum Gasteiger partial charge on any atom is -0.359 e.